The summed E-state index contributed by atoms with van der Waals surface area (Å²) >= 11 is 0. The molecule has 2 heterocycles. The molecule has 0 radical (unpaired) electrons. The van der Waals surface area contributed by atoms with Crippen LogP contribution in [-0.4, -0.2) is 69.7 Å². The van der Waals surface area contributed by atoms with Gasteiger partial charge >= 0.3 is 0 Å². The van der Waals surface area contributed by atoms with Gasteiger partial charge in [0.2, 0.25) is 5.91 Å². The first-order valence-corrected chi connectivity index (χ1v) is 12.5. The Morgan fingerprint density at radius 1 is 0.971 bits per heavy atom. The summed E-state index contributed by atoms with van der Waals surface area (Å²) in [4.78, 5) is 30.3. The molecule has 1 unspecified atom stereocenters. The SMILES string of the molecule is Cc1ccc(-c2nn(-c3ccccc3)cc2C(=O)N2CCN(C(C)C(=O)NC3CC3)CC2)cc1C. The highest BCUT2D eigenvalue weighted by Gasteiger charge is 2.32. The molecule has 1 aromatic heterocycles. The van der Waals surface area contributed by atoms with Crippen molar-refractivity contribution in [3.05, 3.63) is 71.4 Å². The maximum atomic E-state index is 13.7. The van der Waals surface area contributed by atoms with Crippen LogP contribution in [0.2, 0.25) is 0 Å². The largest absolute Gasteiger partial charge is 0.352 e. The Morgan fingerprint density at radius 2 is 1.69 bits per heavy atom. The van der Waals surface area contributed by atoms with Gasteiger partial charge < -0.3 is 10.2 Å². The van der Waals surface area contributed by atoms with Gasteiger partial charge in [-0.15, -0.1) is 0 Å². The van der Waals surface area contributed by atoms with Crippen LogP contribution in [0.15, 0.2) is 54.7 Å². The zero-order chi connectivity index (χ0) is 24.5. The lowest BCUT2D eigenvalue weighted by atomic mass is 10.0. The van der Waals surface area contributed by atoms with Gasteiger partial charge in [-0.3, -0.25) is 14.5 Å². The highest BCUT2D eigenvalue weighted by molar-refractivity contribution is 6.00. The Kier molecular flexibility index (Phi) is 6.43. The molecule has 182 valence electrons. The van der Waals surface area contributed by atoms with Crippen LogP contribution < -0.4 is 5.32 Å². The van der Waals surface area contributed by atoms with Crippen LogP contribution in [-0.2, 0) is 4.79 Å². The molecule has 0 spiro atoms. The lowest BCUT2D eigenvalue weighted by Gasteiger charge is -2.37. The van der Waals surface area contributed by atoms with Crippen LogP contribution in [0.1, 0.15) is 41.3 Å². The number of nitrogens with one attached hydrogen (secondary N) is 1. The minimum absolute atomic E-state index is 0.0184. The van der Waals surface area contributed by atoms with E-state index in [0.717, 1.165) is 24.1 Å². The van der Waals surface area contributed by atoms with E-state index < -0.39 is 0 Å². The Hall–Kier alpha value is -3.45. The Bertz CT molecular complexity index is 1220. The molecule has 2 fully saturated rings. The second-order valence-electron chi connectivity index (χ2n) is 9.76. The van der Waals surface area contributed by atoms with E-state index in [0.29, 0.717) is 43.5 Å². The fourth-order valence-electron chi connectivity index (χ4n) is 4.54. The van der Waals surface area contributed by atoms with Crippen LogP contribution in [0.4, 0.5) is 0 Å². The third-order valence-corrected chi connectivity index (χ3v) is 7.20. The summed E-state index contributed by atoms with van der Waals surface area (Å²) in [6, 6.07) is 16.3. The van der Waals surface area contributed by atoms with Crippen molar-refractivity contribution in [2.75, 3.05) is 26.2 Å². The van der Waals surface area contributed by atoms with Gasteiger partial charge in [-0.25, -0.2) is 4.68 Å². The lowest BCUT2D eigenvalue weighted by Crippen LogP contribution is -2.55. The van der Waals surface area contributed by atoms with Crippen LogP contribution in [0, 0.1) is 13.8 Å². The van der Waals surface area contributed by atoms with E-state index in [1.807, 2.05) is 54.4 Å². The second kappa shape index (κ2) is 9.66. The molecule has 1 N–H and O–H groups in total. The summed E-state index contributed by atoms with van der Waals surface area (Å²) in [5, 5.41) is 7.93. The van der Waals surface area contributed by atoms with Gasteiger partial charge in [-0.05, 0) is 62.9 Å². The topological polar surface area (TPSA) is 70.5 Å². The molecule has 2 aromatic carbocycles. The number of para-hydroxylation sites is 1. The smallest absolute Gasteiger partial charge is 0.257 e. The van der Waals surface area contributed by atoms with E-state index in [1.165, 1.54) is 11.1 Å². The number of nitrogens with zero attached hydrogens (tertiary/aromatic N) is 4. The second-order valence-corrected chi connectivity index (χ2v) is 9.76. The van der Waals surface area contributed by atoms with Crippen molar-refractivity contribution < 1.29 is 9.59 Å². The first-order valence-electron chi connectivity index (χ1n) is 12.5. The van der Waals surface area contributed by atoms with Gasteiger partial charge in [-0.2, -0.15) is 5.10 Å². The quantitative estimate of drug-likeness (QED) is 0.597. The number of hydrogen-bond acceptors (Lipinski definition) is 4. The maximum absolute atomic E-state index is 13.7. The number of aromatic nitrogens is 2. The van der Waals surface area contributed by atoms with Gasteiger partial charge in [0.15, 0.2) is 0 Å². The lowest BCUT2D eigenvalue weighted by molar-refractivity contribution is -0.126. The van der Waals surface area contributed by atoms with Gasteiger partial charge in [0, 0.05) is 44.0 Å². The van der Waals surface area contributed by atoms with Crippen molar-refractivity contribution in [1.29, 1.82) is 0 Å². The zero-order valence-electron chi connectivity index (χ0n) is 20.7. The van der Waals surface area contributed by atoms with Gasteiger partial charge in [0.1, 0.15) is 5.69 Å². The maximum Gasteiger partial charge on any atom is 0.257 e. The van der Waals surface area contributed by atoms with Crippen molar-refractivity contribution in [1.82, 2.24) is 24.9 Å². The van der Waals surface area contributed by atoms with E-state index in [-0.39, 0.29) is 17.9 Å². The fraction of sp³-hybridized carbons (Fsp3) is 0.393. The third-order valence-electron chi connectivity index (χ3n) is 7.20. The number of rotatable bonds is 6. The van der Waals surface area contributed by atoms with E-state index in [2.05, 4.69) is 36.2 Å². The molecular formula is C28H33N5O2. The normalized spacial score (nSPS) is 17.3. The van der Waals surface area contributed by atoms with Crippen molar-refractivity contribution in [3.8, 4) is 16.9 Å². The van der Waals surface area contributed by atoms with Crippen LogP contribution in [0.3, 0.4) is 0 Å². The van der Waals surface area contributed by atoms with Crippen molar-refractivity contribution in [2.45, 2.75) is 45.7 Å². The summed E-state index contributed by atoms with van der Waals surface area (Å²) in [5.41, 5.74) is 5.53. The van der Waals surface area contributed by atoms with E-state index in [9.17, 15) is 9.59 Å². The van der Waals surface area contributed by atoms with E-state index >= 15 is 0 Å². The van der Waals surface area contributed by atoms with Gasteiger partial charge in [0.25, 0.3) is 5.91 Å². The standard InChI is InChI=1S/C28H33N5O2/c1-19-9-10-22(17-20(19)2)26-25(18-33(30-26)24-7-5-4-6-8-24)28(35)32-15-13-31(14-16-32)21(3)27(34)29-23-11-12-23/h4-10,17-18,21,23H,11-16H2,1-3H3,(H,29,34). The third kappa shape index (κ3) is 5.00. The number of aryl methyl sites for hydroxylation is 2. The van der Waals surface area contributed by atoms with Crippen LogP contribution in [0.25, 0.3) is 16.9 Å². The summed E-state index contributed by atoms with van der Waals surface area (Å²) in [7, 11) is 0. The number of hydrogen-bond donors (Lipinski definition) is 1. The minimum Gasteiger partial charge on any atom is -0.352 e. The monoisotopic (exact) mass is 471 g/mol. The molecule has 1 saturated heterocycles. The molecule has 2 amide bonds. The molecule has 1 aliphatic heterocycles. The molecule has 2 aliphatic rings. The summed E-state index contributed by atoms with van der Waals surface area (Å²) < 4.78 is 1.79. The Labute approximate surface area is 206 Å². The summed E-state index contributed by atoms with van der Waals surface area (Å²) in [5.74, 6) is 0.0728. The Morgan fingerprint density at radius 3 is 2.34 bits per heavy atom. The number of amides is 2. The molecule has 1 atom stereocenters. The molecule has 35 heavy (non-hydrogen) atoms. The van der Waals surface area contributed by atoms with Crippen LogP contribution >= 0.6 is 0 Å². The highest BCUT2D eigenvalue weighted by atomic mass is 16.2. The molecule has 5 rings (SSSR count). The van der Waals surface area contributed by atoms with Gasteiger partial charge in [0.05, 0.1) is 17.3 Å². The number of benzene rings is 2. The summed E-state index contributed by atoms with van der Waals surface area (Å²) in [6.07, 6.45) is 4.01. The molecule has 7 heteroatoms. The number of carbonyl (C=O) groups excluding carboxylic acids is 2. The fourth-order valence-corrected chi connectivity index (χ4v) is 4.54. The first-order chi connectivity index (χ1) is 16.9. The average Bonchev–Trinajstić information content (AvgIpc) is 3.59. The molecule has 0 bridgehead atoms. The minimum atomic E-state index is -0.181. The molecule has 1 saturated carbocycles. The predicted molar refractivity (Wildman–Crippen MR) is 137 cm³/mol. The Balaban J connectivity index is 1.37. The van der Waals surface area contributed by atoms with E-state index in [1.54, 1.807) is 4.68 Å². The van der Waals surface area contributed by atoms with Crippen molar-refractivity contribution >= 4 is 11.8 Å². The molecular weight excluding hydrogens is 438 g/mol. The zero-order valence-corrected chi connectivity index (χ0v) is 20.7. The number of carbonyl (C=O) groups is 2. The van der Waals surface area contributed by atoms with Gasteiger partial charge in [-0.1, -0.05) is 30.3 Å². The molecule has 3 aromatic rings. The first kappa shape index (κ1) is 23.3. The van der Waals surface area contributed by atoms with Crippen molar-refractivity contribution in [3.63, 3.8) is 0 Å². The summed E-state index contributed by atoms with van der Waals surface area (Å²) in [6.45, 7) is 8.64. The molecule has 7 nitrogen and oxygen atoms in total. The van der Waals surface area contributed by atoms with Crippen molar-refractivity contribution in [2.24, 2.45) is 0 Å². The molecule has 1 aliphatic carbocycles. The average molecular weight is 472 g/mol. The highest BCUT2D eigenvalue weighted by Crippen LogP contribution is 2.27. The van der Waals surface area contributed by atoms with Crippen LogP contribution in [0.5, 0.6) is 0 Å². The number of piperazine rings is 1. The predicted octanol–water partition coefficient (Wildman–Crippen LogP) is 3.58. The van der Waals surface area contributed by atoms with E-state index in [4.69, 9.17) is 5.10 Å².